The maximum atomic E-state index is 11.6. The van der Waals surface area contributed by atoms with E-state index < -0.39 is 0 Å². The third-order valence-corrected chi connectivity index (χ3v) is 1.88. The lowest BCUT2D eigenvalue weighted by molar-refractivity contribution is 0.0957. The van der Waals surface area contributed by atoms with Gasteiger partial charge in [0, 0.05) is 10.7 Å². The molecule has 1 aromatic rings. The molecule has 0 spiro atoms. The summed E-state index contributed by atoms with van der Waals surface area (Å²) in [7, 11) is 2.55. The van der Waals surface area contributed by atoms with E-state index in [1.165, 1.54) is 0 Å². The van der Waals surface area contributed by atoms with Crippen LogP contribution in [0.15, 0.2) is 30.3 Å². The molecule has 0 aromatic heterocycles. The zero-order chi connectivity index (χ0) is 9.19. The molecule has 0 aliphatic rings. The third kappa shape index (κ3) is 2.15. The van der Waals surface area contributed by atoms with Gasteiger partial charge < -0.3 is 0 Å². The fourth-order valence-corrected chi connectivity index (χ4v) is 1.13. The van der Waals surface area contributed by atoms with Crippen LogP contribution < -0.4 is 0 Å². The molecule has 1 unspecified atom stereocenters. The first-order chi connectivity index (χ1) is 5.52. The van der Waals surface area contributed by atoms with Gasteiger partial charge in [0.25, 0.3) is 0 Å². The number of hydrogen-bond acceptors (Lipinski definition) is 1. The Labute approximate surface area is 75.4 Å². The molecule has 0 heterocycles. The maximum absolute atomic E-state index is 11.6. The average molecular weight is 180 g/mol. The molecule has 64 valence electrons. The highest BCUT2D eigenvalue weighted by Gasteiger charge is 2.22. The van der Waals surface area contributed by atoms with Gasteiger partial charge in [-0.1, -0.05) is 30.3 Å². The highest BCUT2D eigenvalue weighted by molar-refractivity contribution is 7.21. The predicted octanol–water partition coefficient (Wildman–Crippen LogP) is 2.52. The minimum Gasteiger partial charge on any atom is -0.293 e. The number of benzene rings is 1. The molecule has 0 radical (unpaired) electrons. The number of carbonyl (C=O) groups excluding carboxylic acids is 1. The summed E-state index contributed by atoms with van der Waals surface area (Å²) in [6.45, 7) is 3.79. The summed E-state index contributed by atoms with van der Waals surface area (Å²) in [6, 6.07) is 9.35. The van der Waals surface area contributed by atoms with Gasteiger partial charge in [-0.2, -0.15) is 0 Å². The molecule has 0 saturated heterocycles. The van der Waals surface area contributed by atoms with E-state index in [0.717, 1.165) is 5.56 Å². The van der Waals surface area contributed by atoms with Crippen LogP contribution in [0.25, 0.3) is 0 Å². The lowest BCUT2D eigenvalue weighted by atomic mass is 10.0. The zero-order valence-corrected chi connectivity index (χ0v) is 8.53. The van der Waals surface area contributed by atoms with E-state index in [4.69, 9.17) is 0 Å². The van der Waals surface area contributed by atoms with Crippen LogP contribution in [0, 0.1) is 0 Å². The van der Waals surface area contributed by atoms with Crippen molar-refractivity contribution in [3.05, 3.63) is 35.9 Å². The van der Waals surface area contributed by atoms with Gasteiger partial charge in [0.15, 0.2) is 5.78 Å². The van der Waals surface area contributed by atoms with Gasteiger partial charge in [0.05, 0.1) is 0 Å². The van der Waals surface area contributed by atoms with Crippen LogP contribution in [0.4, 0.5) is 0 Å². The minimum atomic E-state index is -0.360. The molecule has 0 saturated carbocycles. The van der Waals surface area contributed by atoms with E-state index >= 15 is 0 Å². The van der Waals surface area contributed by atoms with Gasteiger partial charge in [0.1, 0.15) is 0 Å². The van der Waals surface area contributed by atoms with Gasteiger partial charge in [-0.15, -0.1) is 9.24 Å². The first-order valence-corrected chi connectivity index (χ1v) is 4.48. The van der Waals surface area contributed by atoms with E-state index in [1.807, 2.05) is 44.2 Å². The number of ketones is 1. The van der Waals surface area contributed by atoms with E-state index in [2.05, 4.69) is 9.24 Å². The summed E-state index contributed by atoms with van der Waals surface area (Å²) in [5.74, 6) is 0.160. The molecule has 1 aromatic carbocycles. The fourth-order valence-electron chi connectivity index (χ4n) is 0.962. The molecule has 0 amide bonds. The summed E-state index contributed by atoms with van der Waals surface area (Å²) >= 11 is 0. The topological polar surface area (TPSA) is 17.1 Å². The number of rotatable bonds is 2. The molecule has 12 heavy (non-hydrogen) atoms. The second kappa shape index (κ2) is 3.37. The maximum Gasteiger partial charge on any atom is 0.172 e. The molecule has 0 N–H and O–H groups in total. The van der Waals surface area contributed by atoms with E-state index in [0.29, 0.717) is 0 Å². The quantitative estimate of drug-likeness (QED) is 0.505. The van der Waals surface area contributed by atoms with E-state index in [1.54, 1.807) is 0 Å². The van der Waals surface area contributed by atoms with Gasteiger partial charge in [-0.25, -0.2) is 0 Å². The largest absolute Gasteiger partial charge is 0.293 e. The van der Waals surface area contributed by atoms with Gasteiger partial charge in [-0.05, 0) is 13.8 Å². The van der Waals surface area contributed by atoms with Crippen LogP contribution in [0.1, 0.15) is 24.2 Å². The Balaban J connectivity index is 2.94. The van der Waals surface area contributed by atoms with Crippen molar-refractivity contribution in [1.82, 2.24) is 0 Å². The van der Waals surface area contributed by atoms with Crippen LogP contribution in [0.5, 0.6) is 0 Å². The molecule has 2 heteroatoms. The van der Waals surface area contributed by atoms with Crippen molar-refractivity contribution in [3.63, 3.8) is 0 Å². The monoisotopic (exact) mass is 180 g/mol. The Morgan fingerprint density at radius 2 is 1.75 bits per heavy atom. The fraction of sp³-hybridized carbons (Fsp3) is 0.300. The Morgan fingerprint density at radius 3 is 2.17 bits per heavy atom. The van der Waals surface area contributed by atoms with Crippen LogP contribution in [-0.2, 0) is 0 Å². The average Bonchev–Trinajstić information content (AvgIpc) is 2.03. The van der Waals surface area contributed by atoms with Gasteiger partial charge in [0.2, 0.25) is 0 Å². The molecule has 1 atom stereocenters. The van der Waals surface area contributed by atoms with Crippen LogP contribution in [0.3, 0.4) is 0 Å². The first-order valence-electron chi connectivity index (χ1n) is 3.90. The lowest BCUT2D eigenvalue weighted by Gasteiger charge is -2.15. The van der Waals surface area contributed by atoms with E-state index in [-0.39, 0.29) is 10.9 Å². The Hall–Kier alpha value is -0.680. The SMILES string of the molecule is CC(C)(P)C(=O)c1ccccc1. The Bertz CT molecular complexity index is 272. The summed E-state index contributed by atoms with van der Waals surface area (Å²) < 4.78 is 0. The molecule has 1 nitrogen and oxygen atoms in total. The second-order valence-corrected chi connectivity index (χ2v) is 4.86. The highest BCUT2D eigenvalue weighted by Crippen LogP contribution is 2.21. The van der Waals surface area contributed by atoms with Crippen molar-refractivity contribution in [1.29, 1.82) is 0 Å². The molecule has 0 aliphatic heterocycles. The lowest BCUT2D eigenvalue weighted by Crippen LogP contribution is -2.23. The normalized spacial score (nSPS) is 11.2. The van der Waals surface area contributed by atoms with Crippen molar-refractivity contribution in [3.8, 4) is 0 Å². The number of hydrogen-bond donors (Lipinski definition) is 0. The van der Waals surface area contributed by atoms with Crippen molar-refractivity contribution < 1.29 is 4.79 Å². The predicted molar refractivity (Wildman–Crippen MR) is 54.6 cm³/mol. The molecule has 1 rings (SSSR count). The van der Waals surface area contributed by atoms with Gasteiger partial charge >= 0.3 is 0 Å². The molecule has 0 aliphatic carbocycles. The first kappa shape index (κ1) is 9.41. The Kier molecular flexibility index (Phi) is 2.64. The number of carbonyl (C=O) groups is 1. The van der Waals surface area contributed by atoms with Crippen LogP contribution >= 0.6 is 9.24 Å². The summed E-state index contributed by atoms with van der Waals surface area (Å²) in [5.41, 5.74) is 0.775. The Morgan fingerprint density at radius 1 is 1.25 bits per heavy atom. The zero-order valence-electron chi connectivity index (χ0n) is 7.37. The highest BCUT2D eigenvalue weighted by atomic mass is 31.0. The van der Waals surface area contributed by atoms with Crippen molar-refractivity contribution >= 4 is 15.0 Å². The summed E-state index contributed by atoms with van der Waals surface area (Å²) in [5, 5.41) is -0.360. The van der Waals surface area contributed by atoms with E-state index in [9.17, 15) is 4.79 Å². The molecule has 0 fully saturated rings. The standard InChI is InChI=1S/C10H13OP/c1-10(2,12)9(11)8-6-4-3-5-7-8/h3-7H,12H2,1-2H3. The third-order valence-electron chi connectivity index (χ3n) is 1.62. The van der Waals surface area contributed by atoms with Crippen molar-refractivity contribution in [2.45, 2.75) is 19.0 Å². The van der Waals surface area contributed by atoms with Crippen molar-refractivity contribution in [2.75, 3.05) is 0 Å². The summed E-state index contributed by atoms with van der Waals surface area (Å²) in [6.07, 6.45) is 0. The van der Waals surface area contributed by atoms with Crippen LogP contribution in [0.2, 0.25) is 0 Å². The van der Waals surface area contributed by atoms with Gasteiger partial charge in [-0.3, -0.25) is 4.79 Å². The molecular formula is C10H13OP. The molecular weight excluding hydrogens is 167 g/mol. The smallest absolute Gasteiger partial charge is 0.172 e. The van der Waals surface area contributed by atoms with Crippen LogP contribution in [-0.4, -0.2) is 10.9 Å². The molecule has 0 bridgehead atoms. The minimum absolute atomic E-state index is 0.160. The van der Waals surface area contributed by atoms with Crippen molar-refractivity contribution in [2.24, 2.45) is 0 Å². The second-order valence-electron chi connectivity index (χ2n) is 3.42. The summed E-state index contributed by atoms with van der Waals surface area (Å²) in [4.78, 5) is 11.6. The number of Topliss-reactive ketones (excluding diaryl/α,β-unsaturated/α-hetero) is 1.